The maximum Gasteiger partial charge on any atom is 0.287 e. The van der Waals surface area contributed by atoms with Crippen LogP contribution in [0.25, 0.3) is 0 Å². The van der Waals surface area contributed by atoms with E-state index in [4.69, 9.17) is 14.3 Å². The molecule has 0 spiro atoms. The molecule has 7 nitrogen and oxygen atoms in total. The van der Waals surface area contributed by atoms with Crippen molar-refractivity contribution in [3.05, 3.63) is 47.7 Å². The quantitative estimate of drug-likeness (QED) is 0.859. The molecule has 0 saturated carbocycles. The molecule has 1 amide bonds. The lowest BCUT2D eigenvalue weighted by Gasteiger charge is -2.11. The second-order valence-electron chi connectivity index (χ2n) is 4.93. The van der Waals surface area contributed by atoms with E-state index in [9.17, 15) is 13.2 Å². The van der Waals surface area contributed by atoms with Crippen LogP contribution in [-0.4, -0.2) is 27.0 Å². The standard InChI is InChI=1S/C14H14N2O5S/c15-22(18,19)13-6-5-12(21-13)14(17)16-8-10-7-9-3-1-2-4-11(9)20-10/h1-6,10H,7-8H2,(H,16,17)(H2,15,18,19)/t10-/m0/s1. The molecular formula is C14H14N2O5S. The molecule has 0 saturated heterocycles. The van der Waals surface area contributed by atoms with Gasteiger partial charge in [0.05, 0.1) is 6.54 Å². The third-order valence-electron chi connectivity index (χ3n) is 3.29. The minimum Gasteiger partial charge on any atom is -0.488 e. The van der Waals surface area contributed by atoms with Crippen molar-refractivity contribution in [2.75, 3.05) is 6.54 Å². The molecule has 3 rings (SSSR count). The highest BCUT2D eigenvalue weighted by Gasteiger charge is 2.24. The number of fused-ring (bicyclic) bond motifs is 1. The molecule has 1 atom stereocenters. The van der Waals surface area contributed by atoms with Gasteiger partial charge in [-0.1, -0.05) is 18.2 Å². The first-order chi connectivity index (χ1) is 10.4. The minimum atomic E-state index is -3.95. The number of carbonyl (C=O) groups excluding carboxylic acids is 1. The maximum absolute atomic E-state index is 11.9. The van der Waals surface area contributed by atoms with Crippen molar-refractivity contribution in [3.8, 4) is 5.75 Å². The van der Waals surface area contributed by atoms with Crippen LogP contribution in [0.1, 0.15) is 16.1 Å². The van der Waals surface area contributed by atoms with E-state index < -0.39 is 21.0 Å². The van der Waals surface area contributed by atoms with Crippen molar-refractivity contribution in [1.82, 2.24) is 5.32 Å². The predicted molar refractivity (Wildman–Crippen MR) is 77.0 cm³/mol. The smallest absolute Gasteiger partial charge is 0.287 e. The molecule has 22 heavy (non-hydrogen) atoms. The van der Waals surface area contributed by atoms with Crippen LogP contribution in [0, 0.1) is 0 Å². The third-order valence-corrected chi connectivity index (χ3v) is 4.07. The average Bonchev–Trinajstić information content (AvgIpc) is 3.10. The molecule has 0 radical (unpaired) electrons. The summed E-state index contributed by atoms with van der Waals surface area (Å²) in [7, 11) is -3.95. The van der Waals surface area contributed by atoms with Gasteiger partial charge in [-0.05, 0) is 23.8 Å². The number of hydrogen-bond donors (Lipinski definition) is 2. The first kappa shape index (κ1) is 14.6. The van der Waals surface area contributed by atoms with E-state index in [1.165, 1.54) is 6.07 Å². The molecule has 3 N–H and O–H groups in total. The molecule has 0 bridgehead atoms. The number of nitrogens with two attached hydrogens (primary N) is 1. The molecule has 0 unspecified atom stereocenters. The molecule has 0 fully saturated rings. The van der Waals surface area contributed by atoms with Gasteiger partial charge in [-0.3, -0.25) is 4.79 Å². The number of furan rings is 1. The van der Waals surface area contributed by atoms with Crippen molar-refractivity contribution < 1.29 is 22.4 Å². The van der Waals surface area contributed by atoms with Crippen molar-refractivity contribution in [1.29, 1.82) is 0 Å². The number of sulfonamides is 1. The van der Waals surface area contributed by atoms with Gasteiger partial charge in [-0.2, -0.15) is 0 Å². The van der Waals surface area contributed by atoms with Gasteiger partial charge in [0.15, 0.2) is 5.76 Å². The Morgan fingerprint density at radius 2 is 2.05 bits per heavy atom. The number of amides is 1. The molecule has 8 heteroatoms. The van der Waals surface area contributed by atoms with Crippen molar-refractivity contribution in [2.45, 2.75) is 17.6 Å². The maximum atomic E-state index is 11.9. The van der Waals surface area contributed by atoms with E-state index in [-0.39, 0.29) is 11.9 Å². The molecule has 1 aliphatic rings. The summed E-state index contributed by atoms with van der Waals surface area (Å²) in [6, 6.07) is 10.1. The Bertz CT molecular complexity index is 787. The third kappa shape index (κ3) is 2.97. The largest absolute Gasteiger partial charge is 0.488 e. The number of nitrogens with one attached hydrogen (secondary N) is 1. The SMILES string of the molecule is NS(=O)(=O)c1ccc(C(=O)NC[C@@H]2Cc3ccccc3O2)o1. The van der Waals surface area contributed by atoms with E-state index >= 15 is 0 Å². The van der Waals surface area contributed by atoms with Crippen LogP contribution in [-0.2, 0) is 16.4 Å². The fourth-order valence-electron chi connectivity index (χ4n) is 2.26. The molecule has 1 aromatic heterocycles. The van der Waals surface area contributed by atoms with Gasteiger partial charge >= 0.3 is 0 Å². The molecule has 0 aliphatic carbocycles. The lowest BCUT2D eigenvalue weighted by atomic mass is 10.1. The Labute approximate surface area is 127 Å². The molecule has 1 aromatic carbocycles. The first-order valence-corrected chi connectivity index (χ1v) is 8.13. The summed E-state index contributed by atoms with van der Waals surface area (Å²) in [6.45, 7) is 0.291. The number of benzene rings is 1. The number of rotatable bonds is 4. The van der Waals surface area contributed by atoms with E-state index in [1.54, 1.807) is 0 Å². The average molecular weight is 322 g/mol. The van der Waals surface area contributed by atoms with Gasteiger partial charge < -0.3 is 14.5 Å². The number of ether oxygens (including phenoxy) is 1. The Kier molecular flexibility index (Phi) is 3.63. The fraction of sp³-hybridized carbons (Fsp3) is 0.214. The second kappa shape index (κ2) is 5.47. The van der Waals surface area contributed by atoms with Gasteiger partial charge in [-0.25, -0.2) is 13.6 Å². The molecule has 2 aromatic rings. The molecular weight excluding hydrogens is 308 g/mol. The monoisotopic (exact) mass is 322 g/mol. The van der Waals surface area contributed by atoms with E-state index in [0.29, 0.717) is 13.0 Å². The molecule has 2 heterocycles. The van der Waals surface area contributed by atoms with Crippen molar-refractivity contribution >= 4 is 15.9 Å². The second-order valence-corrected chi connectivity index (χ2v) is 6.42. The van der Waals surface area contributed by atoms with Crippen LogP contribution in [0.15, 0.2) is 45.9 Å². The van der Waals surface area contributed by atoms with Gasteiger partial charge in [-0.15, -0.1) is 0 Å². The highest BCUT2D eigenvalue weighted by Crippen LogP contribution is 2.27. The zero-order valence-electron chi connectivity index (χ0n) is 11.5. The first-order valence-electron chi connectivity index (χ1n) is 6.59. The predicted octanol–water partition coefficient (Wildman–Crippen LogP) is 0.661. The molecule has 116 valence electrons. The minimum absolute atomic E-state index is 0.112. The van der Waals surface area contributed by atoms with Crippen LogP contribution in [0.2, 0.25) is 0 Å². The topological polar surface area (TPSA) is 112 Å². The summed E-state index contributed by atoms with van der Waals surface area (Å²) in [5.41, 5.74) is 1.09. The number of primary sulfonamides is 1. The van der Waals surface area contributed by atoms with Crippen LogP contribution < -0.4 is 15.2 Å². The van der Waals surface area contributed by atoms with Crippen LogP contribution in [0.3, 0.4) is 0 Å². The number of para-hydroxylation sites is 1. The zero-order valence-corrected chi connectivity index (χ0v) is 12.3. The Balaban J connectivity index is 1.59. The molecule has 1 aliphatic heterocycles. The zero-order chi connectivity index (χ0) is 15.7. The summed E-state index contributed by atoms with van der Waals surface area (Å²) in [5, 5.41) is 7.12. The Hall–Kier alpha value is -2.32. The van der Waals surface area contributed by atoms with E-state index in [1.807, 2.05) is 24.3 Å². The van der Waals surface area contributed by atoms with E-state index in [2.05, 4.69) is 5.32 Å². The van der Waals surface area contributed by atoms with E-state index in [0.717, 1.165) is 17.4 Å². The lowest BCUT2D eigenvalue weighted by molar-refractivity contribution is 0.0900. The number of hydrogen-bond acceptors (Lipinski definition) is 5. The summed E-state index contributed by atoms with van der Waals surface area (Å²) in [5.74, 6) is 0.185. The van der Waals surface area contributed by atoms with Crippen molar-refractivity contribution in [2.24, 2.45) is 5.14 Å². The lowest BCUT2D eigenvalue weighted by Crippen LogP contribution is -2.34. The van der Waals surface area contributed by atoms with Gasteiger partial charge in [0.1, 0.15) is 11.9 Å². The van der Waals surface area contributed by atoms with Crippen molar-refractivity contribution in [3.63, 3.8) is 0 Å². The van der Waals surface area contributed by atoms with Crippen LogP contribution >= 0.6 is 0 Å². The van der Waals surface area contributed by atoms with Gasteiger partial charge in [0.25, 0.3) is 15.9 Å². The summed E-state index contributed by atoms with van der Waals surface area (Å²) < 4.78 is 32.8. The Morgan fingerprint density at radius 3 is 2.73 bits per heavy atom. The van der Waals surface area contributed by atoms with Crippen LogP contribution in [0.5, 0.6) is 5.75 Å². The highest BCUT2D eigenvalue weighted by atomic mass is 32.2. The van der Waals surface area contributed by atoms with Gasteiger partial charge in [0.2, 0.25) is 5.09 Å². The Morgan fingerprint density at radius 1 is 1.27 bits per heavy atom. The fourth-order valence-corrected chi connectivity index (χ4v) is 2.72. The van der Waals surface area contributed by atoms with Crippen LogP contribution in [0.4, 0.5) is 0 Å². The summed E-state index contributed by atoms with van der Waals surface area (Å²) >= 11 is 0. The number of carbonyl (C=O) groups is 1. The summed E-state index contributed by atoms with van der Waals surface area (Å²) in [4.78, 5) is 11.9. The normalized spacial score (nSPS) is 16.9. The van der Waals surface area contributed by atoms with Gasteiger partial charge in [0, 0.05) is 6.42 Å². The summed E-state index contributed by atoms with van der Waals surface area (Å²) in [6.07, 6.45) is 0.547. The highest BCUT2D eigenvalue weighted by molar-refractivity contribution is 7.89.